The van der Waals surface area contributed by atoms with Crippen LogP contribution in [0.2, 0.25) is 0 Å². The first-order chi connectivity index (χ1) is 20.4. The molecular weight excluding hydrogens is 560 g/mol. The molecule has 0 bridgehead atoms. The number of nitro benzene ring substituents is 1. The number of unbranched alkanes of at least 4 members (excludes halogenated alkanes) is 1. The highest BCUT2D eigenvalue weighted by atomic mass is 16.6. The Balaban J connectivity index is 0.000000317. The van der Waals surface area contributed by atoms with Gasteiger partial charge in [-0.2, -0.15) is 0 Å². The summed E-state index contributed by atoms with van der Waals surface area (Å²) in [6.45, 7) is 5.37. The summed E-state index contributed by atoms with van der Waals surface area (Å²) in [5.41, 5.74) is 1.19. The molecule has 1 aromatic rings. The number of Topliss-reactive ketones (excluding diaryl/α,β-unsaturated/α-hetero) is 1. The van der Waals surface area contributed by atoms with Crippen LogP contribution in [0.4, 0.5) is 5.69 Å². The maximum Gasteiger partial charge on any atom is 0.336 e. The van der Waals surface area contributed by atoms with E-state index in [4.69, 9.17) is 9.47 Å². The minimum absolute atomic E-state index is 0.128. The van der Waals surface area contributed by atoms with Gasteiger partial charge in [0.1, 0.15) is 12.4 Å². The lowest BCUT2D eigenvalue weighted by atomic mass is 9.76. The first kappa shape index (κ1) is 34.8. The SMILES string of the molecule is CCCC=CC=CC1CC(O)C(O)C(=O)C1C=O.COC(=O)C1=C(C)NC(C)=C(C(=O)OC)C1c1ccccc1[N+](=O)[O-]. The number of ketones is 1. The Labute approximate surface area is 249 Å². The van der Waals surface area contributed by atoms with Gasteiger partial charge in [0.15, 0.2) is 5.78 Å². The van der Waals surface area contributed by atoms with Crippen molar-refractivity contribution in [3.05, 3.63) is 86.8 Å². The highest BCUT2D eigenvalue weighted by Crippen LogP contribution is 2.42. The molecule has 3 N–H and O–H groups in total. The molecule has 4 unspecified atom stereocenters. The van der Waals surface area contributed by atoms with Crippen LogP contribution in [0.1, 0.15) is 51.5 Å². The first-order valence-electron chi connectivity index (χ1n) is 13.7. The van der Waals surface area contributed by atoms with Crippen molar-refractivity contribution in [2.45, 2.75) is 58.2 Å². The molecule has 232 valence electrons. The summed E-state index contributed by atoms with van der Waals surface area (Å²) >= 11 is 0. The van der Waals surface area contributed by atoms with Gasteiger partial charge in [-0.05, 0) is 32.6 Å². The highest BCUT2D eigenvalue weighted by Gasteiger charge is 2.42. The monoisotopic (exact) mass is 598 g/mol. The molecule has 43 heavy (non-hydrogen) atoms. The molecule has 12 heteroatoms. The third kappa shape index (κ3) is 8.33. The Morgan fingerprint density at radius 1 is 1.07 bits per heavy atom. The van der Waals surface area contributed by atoms with Crippen molar-refractivity contribution in [2.75, 3.05) is 14.2 Å². The van der Waals surface area contributed by atoms with Crippen LogP contribution in [0.25, 0.3) is 0 Å². The smallest absolute Gasteiger partial charge is 0.336 e. The number of para-hydroxylation sites is 1. The Morgan fingerprint density at radius 2 is 1.65 bits per heavy atom. The number of nitrogens with one attached hydrogen (secondary N) is 1. The minimum atomic E-state index is -1.43. The molecule has 1 aromatic carbocycles. The summed E-state index contributed by atoms with van der Waals surface area (Å²) in [4.78, 5) is 58.1. The van der Waals surface area contributed by atoms with Crippen molar-refractivity contribution in [3.63, 3.8) is 0 Å². The molecule has 1 heterocycles. The first-order valence-corrected chi connectivity index (χ1v) is 13.7. The van der Waals surface area contributed by atoms with E-state index in [-0.39, 0.29) is 34.7 Å². The van der Waals surface area contributed by atoms with Crippen LogP contribution < -0.4 is 5.32 Å². The number of aliphatic hydroxyl groups is 2. The number of esters is 2. The molecular formula is C31H38N2O10. The van der Waals surface area contributed by atoms with E-state index in [1.54, 1.807) is 32.1 Å². The quantitative estimate of drug-likeness (QED) is 0.0948. The number of carbonyl (C=O) groups is 4. The molecule has 3 rings (SSSR count). The van der Waals surface area contributed by atoms with Gasteiger partial charge in [-0.1, -0.05) is 55.8 Å². The third-order valence-electron chi connectivity index (χ3n) is 7.18. The largest absolute Gasteiger partial charge is 0.466 e. The van der Waals surface area contributed by atoms with Gasteiger partial charge in [0.25, 0.3) is 5.69 Å². The fourth-order valence-electron chi connectivity index (χ4n) is 5.03. The van der Waals surface area contributed by atoms with E-state index in [0.29, 0.717) is 17.7 Å². The minimum Gasteiger partial charge on any atom is -0.466 e. The van der Waals surface area contributed by atoms with Gasteiger partial charge in [0.05, 0.1) is 48.2 Å². The number of allylic oxidation sites excluding steroid dienone is 6. The van der Waals surface area contributed by atoms with Gasteiger partial charge in [0.2, 0.25) is 0 Å². The van der Waals surface area contributed by atoms with Crippen LogP contribution in [-0.2, 0) is 28.7 Å². The van der Waals surface area contributed by atoms with Crippen LogP contribution in [0.3, 0.4) is 0 Å². The van der Waals surface area contributed by atoms with Crippen molar-refractivity contribution in [1.29, 1.82) is 0 Å². The van der Waals surface area contributed by atoms with E-state index >= 15 is 0 Å². The Bertz CT molecular complexity index is 1310. The molecule has 0 spiro atoms. The second-order valence-electron chi connectivity index (χ2n) is 10.0. The zero-order chi connectivity index (χ0) is 32.3. The maximum atomic E-state index is 12.3. The van der Waals surface area contributed by atoms with Gasteiger partial charge >= 0.3 is 11.9 Å². The fraction of sp³-hybridized carbons (Fsp3) is 0.419. The molecule has 0 amide bonds. The molecule has 2 aliphatic rings. The van der Waals surface area contributed by atoms with Crippen LogP contribution in [0.5, 0.6) is 0 Å². The normalized spacial score (nSPS) is 22.6. The number of benzene rings is 1. The predicted molar refractivity (Wildman–Crippen MR) is 156 cm³/mol. The summed E-state index contributed by atoms with van der Waals surface area (Å²) < 4.78 is 9.66. The van der Waals surface area contributed by atoms with Crippen molar-refractivity contribution < 1.29 is 43.8 Å². The van der Waals surface area contributed by atoms with Crippen LogP contribution >= 0.6 is 0 Å². The fourth-order valence-corrected chi connectivity index (χ4v) is 5.03. The Morgan fingerprint density at radius 3 is 2.16 bits per heavy atom. The summed E-state index contributed by atoms with van der Waals surface area (Å²) in [5, 5.41) is 33.3. The van der Waals surface area contributed by atoms with Gasteiger partial charge in [0, 0.05) is 23.0 Å². The topological polar surface area (TPSA) is 182 Å². The van der Waals surface area contributed by atoms with Gasteiger partial charge in [-0.3, -0.25) is 14.9 Å². The average Bonchev–Trinajstić information content (AvgIpc) is 2.99. The molecule has 1 aliphatic heterocycles. The molecule has 0 radical (unpaired) electrons. The van der Waals surface area contributed by atoms with Gasteiger partial charge in [-0.15, -0.1) is 0 Å². The van der Waals surface area contributed by atoms with E-state index in [2.05, 4.69) is 12.2 Å². The zero-order valence-corrected chi connectivity index (χ0v) is 24.8. The van der Waals surface area contributed by atoms with Crippen LogP contribution in [0, 0.1) is 22.0 Å². The molecule has 4 atom stereocenters. The van der Waals surface area contributed by atoms with Crippen molar-refractivity contribution in [2.24, 2.45) is 11.8 Å². The van der Waals surface area contributed by atoms with Crippen LogP contribution in [0.15, 0.2) is 71.1 Å². The summed E-state index contributed by atoms with van der Waals surface area (Å²) in [6, 6.07) is 5.97. The number of aldehydes is 1. The second-order valence-corrected chi connectivity index (χ2v) is 10.0. The van der Waals surface area contributed by atoms with Crippen molar-refractivity contribution >= 4 is 29.7 Å². The van der Waals surface area contributed by atoms with Gasteiger partial charge in [-0.25, -0.2) is 9.59 Å². The number of ether oxygens (including phenoxy) is 2. The Hall–Kier alpha value is -4.42. The number of hydrogen-bond acceptors (Lipinski definition) is 11. The molecule has 1 saturated carbocycles. The lowest BCUT2D eigenvalue weighted by molar-refractivity contribution is -0.385. The third-order valence-corrected chi connectivity index (χ3v) is 7.18. The lowest BCUT2D eigenvalue weighted by Gasteiger charge is -2.31. The van der Waals surface area contributed by atoms with Crippen molar-refractivity contribution in [1.82, 2.24) is 5.32 Å². The Kier molecular flexibility index (Phi) is 13.2. The number of nitrogens with zero attached hydrogens (tertiary/aromatic N) is 1. The predicted octanol–water partition coefficient (Wildman–Crippen LogP) is 3.20. The van der Waals surface area contributed by atoms with E-state index < -0.39 is 46.7 Å². The highest BCUT2D eigenvalue weighted by molar-refractivity contribution is 6.00. The summed E-state index contributed by atoms with van der Waals surface area (Å²) in [6.07, 6.45) is 7.72. The van der Waals surface area contributed by atoms with E-state index in [1.165, 1.54) is 32.4 Å². The van der Waals surface area contributed by atoms with Crippen molar-refractivity contribution in [3.8, 4) is 0 Å². The average molecular weight is 599 g/mol. The molecule has 1 fully saturated rings. The van der Waals surface area contributed by atoms with Crippen LogP contribution in [-0.4, -0.2) is 65.6 Å². The van der Waals surface area contributed by atoms with E-state index in [0.717, 1.165) is 12.8 Å². The zero-order valence-electron chi connectivity index (χ0n) is 24.8. The molecule has 12 nitrogen and oxygen atoms in total. The number of dihydropyridines is 1. The number of hydrogen-bond donors (Lipinski definition) is 3. The number of methoxy groups -OCH3 is 2. The standard InChI is InChI=1S/C17H18N2O6.C14H20O4/c1-9-13(16(20)24-3)15(14(10(2)18-9)17(21)25-4)11-7-5-6-8-12(11)19(22)23;1-2-3-4-5-6-7-10-8-12(16)14(18)13(17)11(10)9-15/h5-8,15,18H,1-4H3;4-7,9-12,14,16,18H,2-3,8H2,1H3. The molecule has 0 aromatic heterocycles. The number of nitro groups is 1. The lowest BCUT2D eigenvalue weighted by Crippen LogP contribution is -2.47. The summed E-state index contributed by atoms with van der Waals surface area (Å²) in [7, 11) is 2.42. The molecule has 0 saturated heterocycles. The van der Waals surface area contributed by atoms with E-state index in [9.17, 15) is 39.5 Å². The second kappa shape index (κ2) is 16.3. The molecule has 1 aliphatic carbocycles. The number of carbonyl (C=O) groups excluding carboxylic acids is 4. The number of rotatable bonds is 9. The number of aliphatic hydroxyl groups excluding tert-OH is 2. The summed E-state index contributed by atoms with van der Waals surface area (Å²) in [5.74, 6) is -4.10. The van der Waals surface area contributed by atoms with Gasteiger partial charge < -0.3 is 29.8 Å². The maximum absolute atomic E-state index is 12.3. The van der Waals surface area contributed by atoms with E-state index in [1.807, 2.05) is 12.2 Å².